The Bertz CT molecular complexity index is 357. The zero-order valence-electron chi connectivity index (χ0n) is 9.82. The van der Waals surface area contributed by atoms with E-state index >= 15 is 0 Å². The Morgan fingerprint density at radius 2 is 2.06 bits per heavy atom. The molecule has 3 heteroatoms. The van der Waals surface area contributed by atoms with Gasteiger partial charge < -0.3 is 15.7 Å². The number of hydrogen-bond donors (Lipinski definition) is 2. The fourth-order valence-electron chi connectivity index (χ4n) is 2.43. The van der Waals surface area contributed by atoms with Crippen molar-refractivity contribution in [2.75, 3.05) is 18.0 Å². The summed E-state index contributed by atoms with van der Waals surface area (Å²) in [4.78, 5) is 2.35. The quantitative estimate of drug-likeness (QED) is 0.792. The summed E-state index contributed by atoms with van der Waals surface area (Å²) in [5.74, 6) is 0. The number of piperidine rings is 1. The molecule has 1 aliphatic heterocycles. The molecule has 0 bridgehead atoms. The summed E-state index contributed by atoms with van der Waals surface area (Å²) in [6.07, 6.45) is 1.60. The van der Waals surface area contributed by atoms with Crippen LogP contribution in [0.2, 0.25) is 0 Å². The number of para-hydroxylation sites is 1. The van der Waals surface area contributed by atoms with Crippen LogP contribution in [0.3, 0.4) is 0 Å². The second-order valence-corrected chi connectivity index (χ2v) is 4.50. The topological polar surface area (TPSA) is 49.5 Å². The summed E-state index contributed by atoms with van der Waals surface area (Å²) in [7, 11) is 0. The Balaban J connectivity index is 2.25. The lowest BCUT2D eigenvalue weighted by Crippen LogP contribution is -2.36. The molecule has 1 heterocycles. The first-order valence-electron chi connectivity index (χ1n) is 5.94. The highest BCUT2D eigenvalue weighted by molar-refractivity contribution is 5.59. The van der Waals surface area contributed by atoms with Gasteiger partial charge in [-0.3, -0.25) is 0 Å². The largest absolute Gasteiger partial charge is 0.393 e. The minimum Gasteiger partial charge on any atom is -0.393 e. The molecule has 0 radical (unpaired) electrons. The number of nitrogens with zero attached hydrogens (tertiary/aromatic N) is 1. The van der Waals surface area contributed by atoms with Crippen molar-refractivity contribution >= 4 is 5.69 Å². The summed E-state index contributed by atoms with van der Waals surface area (Å²) in [6.45, 7) is 4.56. The van der Waals surface area contributed by atoms with Crippen LogP contribution >= 0.6 is 0 Å². The van der Waals surface area contributed by atoms with Gasteiger partial charge in [-0.2, -0.15) is 0 Å². The van der Waals surface area contributed by atoms with Gasteiger partial charge in [-0.1, -0.05) is 18.2 Å². The zero-order chi connectivity index (χ0) is 11.5. The van der Waals surface area contributed by atoms with E-state index < -0.39 is 0 Å². The van der Waals surface area contributed by atoms with Crippen molar-refractivity contribution < 1.29 is 5.11 Å². The lowest BCUT2D eigenvalue weighted by molar-refractivity contribution is 0.145. The second kappa shape index (κ2) is 4.85. The standard InChI is InChI=1S/C13H20N2O/c1-10-3-2-4-11(9-14)13(10)15-7-5-12(16)6-8-15/h2-4,12,16H,5-9,14H2,1H3. The zero-order valence-corrected chi connectivity index (χ0v) is 9.82. The van der Waals surface area contributed by atoms with Gasteiger partial charge in [0.25, 0.3) is 0 Å². The monoisotopic (exact) mass is 220 g/mol. The van der Waals surface area contributed by atoms with Gasteiger partial charge in [-0.25, -0.2) is 0 Å². The van der Waals surface area contributed by atoms with Crippen LogP contribution in [0.1, 0.15) is 24.0 Å². The fraction of sp³-hybridized carbons (Fsp3) is 0.538. The molecule has 0 aromatic heterocycles. The molecular weight excluding hydrogens is 200 g/mol. The Labute approximate surface area is 96.9 Å². The lowest BCUT2D eigenvalue weighted by Gasteiger charge is -2.34. The normalized spacial score (nSPS) is 17.8. The van der Waals surface area contributed by atoms with Crippen molar-refractivity contribution in [3.05, 3.63) is 29.3 Å². The minimum absolute atomic E-state index is 0.124. The number of aryl methyl sites for hydroxylation is 1. The molecule has 0 amide bonds. The number of rotatable bonds is 2. The fourth-order valence-corrected chi connectivity index (χ4v) is 2.43. The summed E-state index contributed by atoms with van der Waals surface area (Å²) in [5.41, 5.74) is 9.53. The third-order valence-corrected chi connectivity index (χ3v) is 3.32. The minimum atomic E-state index is -0.124. The summed E-state index contributed by atoms with van der Waals surface area (Å²) in [6, 6.07) is 6.27. The molecule has 16 heavy (non-hydrogen) atoms. The van der Waals surface area contributed by atoms with Gasteiger partial charge in [0.05, 0.1) is 6.10 Å². The SMILES string of the molecule is Cc1cccc(CN)c1N1CCC(O)CC1. The summed E-state index contributed by atoms with van der Waals surface area (Å²) < 4.78 is 0. The van der Waals surface area contributed by atoms with Gasteiger partial charge in [0.1, 0.15) is 0 Å². The predicted octanol–water partition coefficient (Wildman–Crippen LogP) is 1.41. The van der Waals surface area contributed by atoms with Crippen molar-refractivity contribution in [1.82, 2.24) is 0 Å². The highest BCUT2D eigenvalue weighted by Crippen LogP contribution is 2.27. The predicted molar refractivity (Wildman–Crippen MR) is 66.5 cm³/mol. The maximum absolute atomic E-state index is 9.52. The van der Waals surface area contributed by atoms with Gasteiger partial charge in [-0.05, 0) is 30.9 Å². The molecule has 0 atom stereocenters. The van der Waals surface area contributed by atoms with E-state index in [9.17, 15) is 5.11 Å². The van der Waals surface area contributed by atoms with Crippen LogP contribution in [0.4, 0.5) is 5.69 Å². The first-order chi connectivity index (χ1) is 7.72. The number of hydrogen-bond acceptors (Lipinski definition) is 3. The third kappa shape index (κ3) is 2.20. The molecule has 0 spiro atoms. The van der Waals surface area contributed by atoms with E-state index in [1.165, 1.54) is 16.8 Å². The molecule has 1 fully saturated rings. The van der Waals surface area contributed by atoms with E-state index in [0.29, 0.717) is 6.54 Å². The number of anilines is 1. The highest BCUT2D eigenvalue weighted by atomic mass is 16.3. The van der Waals surface area contributed by atoms with E-state index in [-0.39, 0.29) is 6.10 Å². The van der Waals surface area contributed by atoms with Crippen LogP contribution in [-0.4, -0.2) is 24.3 Å². The molecule has 1 aliphatic rings. The van der Waals surface area contributed by atoms with Crippen LogP contribution in [0.15, 0.2) is 18.2 Å². The molecular formula is C13H20N2O. The Kier molecular flexibility index (Phi) is 3.46. The molecule has 0 unspecified atom stereocenters. The number of aliphatic hydroxyl groups is 1. The lowest BCUT2D eigenvalue weighted by atomic mass is 10.0. The number of aliphatic hydroxyl groups excluding tert-OH is 1. The van der Waals surface area contributed by atoms with Gasteiger partial charge in [0, 0.05) is 25.3 Å². The smallest absolute Gasteiger partial charge is 0.0574 e. The Morgan fingerprint density at radius 1 is 1.38 bits per heavy atom. The van der Waals surface area contributed by atoms with Gasteiger partial charge in [0.15, 0.2) is 0 Å². The average molecular weight is 220 g/mol. The van der Waals surface area contributed by atoms with Crippen LogP contribution in [-0.2, 0) is 6.54 Å². The van der Waals surface area contributed by atoms with Gasteiger partial charge in [0.2, 0.25) is 0 Å². The first kappa shape index (κ1) is 11.4. The van der Waals surface area contributed by atoms with Crippen molar-refractivity contribution in [2.24, 2.45) is 5.73 Å². The van der Waals surface area contributed by atoms with Crippen molar-refractivity contribution in [2.45, 2.75) is 32.4 Å². The van der Waals surface area contributed by atoms with Crippen LogP contribution in [0.5, 0.6) is 0 Å². The van der Waals surface area contributed by atoms with Crippen LogP contribution in [0, 0.1) is 6.92 Å². The van der Waals surface area contributed by atoms with E-state index in [1.807, 2.05) is 0 Å². The summed E-state index contributed by atoms with van der Waals surface area (Å²) in [5, 5.41) is 9.52. The number of nitrogens with two attached hydrogens (primary N) is 1. The Morgan fingerprint density at radius 3 is 2.69 bits per heavy atom. The molecule has 1 saturated heterocycles. The first-order valence-corrected chi connectivity index (χ1v) is 5.94. The molecule has 1 aromatic rings. The molecule has 0 saturated carbocycles. The number of benzene rings is 1. The van der Waals surface area contributed by atoms with Gasteiger partial charge >= 0.3 is 0 Å². The van der Waals surface area contributed by atoms with Gasteiger partial charge in [-0.15, -0.1) is 0 Å². The molecule has 88 valence electrons. The highest BCUT2D eigenvalue weighted by Gasteiger charge is 2.20. The Hall–Kier alpha value is -1.06. The van der Waals surface area contributed by atoms with E-state index in [0.717, 1.165) is 25.9 Å². The van der Waals surface area contributed by atoms with Crippen molar-refractivity contribution in [3.8, 4) is 0 Å². The van der Waals surface area contributed by atoms with Crippen LogP contribution in [0.25, 0.3) is 0 Å². The van der Waals surface area contributed by atoms with E-state index in [4.69, 9.17) is 5.73 Å². The molecule has 1 aromatic carbocycles. The second-order valence-electron chi connectivity index (χ2n) is 4.50. The summed E-state index contributed by atoms with van der Waals surface area (Å²) >= 11 is 0. The van der Waals surface area contributed by atoms with Crippen LogP contribution < -0.4 is 10.6 Å². The van der Waals surface area contributed by atoms with Crippen molar-refractivity contribution in [1.29, 1.82) is 0 Å². The molecule has 3 N–H and O–H groups in total. The maximum atomic E-state index is 9.52. The molecule has 2 rings (SSSR count). The van der Waals surface area contributed by atoms with E-state index in [1.54, 1.807) is 0 Å². The maximum Gasteiger partial charge on any atom is 0.0574 e. The molecule has 0 aliphatic carbocycles. The molecule has 3 nitrogen and oxygen atoms in total. The third-order valence-electron chi connectivity index (χ3n) is 3.32. The average Bonchev–Trinajstić information content (AvgIpc) is 2.30. The van der Waals surface area contributed by atoms with E-state index in [2.05, 4.69) is 30.0 Å². The van der Waals surface area contributed by atoms with Crippen molar-refractivity contribution in [3.63, 3.8) is 0 Å².